The van der Waals surface area contributed by atoms with Crippen LogP contribution in [0, 0.1) is 0 Å². The van der Waals surface area contributed by atoms with Crippen LogP contribution in [-0.2, 0) is 20.7 Å². The maximum absolute atomic E-state index is 13.3. The van der Waals surface area contributed by atoms with Crippen molar-refractivity contribution in [2.24, 2.45) is 0 Å². The average Bonchev–Trinajstić information content (AvgIpc) is 3.51. The summed E-state index contributed by atoms with van der Waals surface area (Å²) < 4.78 is 16.1. The van der Waals surface area contributed by atoms with Crippen LogP contribution in [0.15, 0.2) is 24.3 Å². The minimum atomic E-state index is -0.456. The third kappa shape index (κ3) is 4.06. The van der Waals surface area contributed by atoms with Gasteiger partial charge in [-0.25, -0.2) is 4.98 Å². The summed E-state index contributed by atoms with van der Waals surface area (Å²) in [5, 5.41) is 1.56. The predicted octanol–water partition coefficient (Wildman–Crippen LogP) is 3.12. The summed E-state index contributed by atoms with van der Waals surface area (Å²) in [6, 6.07) is 7.59. The summed E-state index contributed by atoms with van der Waals surface area (Å²) in [4.78, 5) is 22.1. The highest BCUT2D eigenvalue weighted by Gasteiger charge is 2.43. The molecule has 7 nitrogen and oxygen atoms in total. The normalized spacial score (nSPS) is 23.4. The summed E-state index contributed by atoms with van der Waals surface area (Å²) in [6.07, 6.45) is 4.01. The molecule has 3 fully saturated rings. The van der Waals surface area contributed by atoms with Crippen molar-refractivity contribution in [1.29, 1.82) is 0 Å². The van der Waals surface area contributed by atoms with Gasteiger partial charge in [0, 0.05) is 55.5 Å². The van der Waals surface area contributed by atoms with Crippen LogP contribution in [0.5, 0.6) is 0 Å². The number of nitrogens with zero attached hydrogens (tertiary/aromatic N) is 4. The van der Waals surface area contributed by atoms with Crippen LogP contribution in [0.4, 0.5) is 5.13 Å². The Hall–Kier alpha value is -1.74. The van der Waals surface area contributed by atoms with E-state index in [0.29, 0.717) is 32.7 Å². The monoisotopic (exact) mass is 448 g/mol. The van der Waals surface area contributed by atoms with Gasteiger partial charge in [0.05, 0.1) is 13.2 Å². The van der Waals surface area contributed by atoms with Crippen molar-refractivity contribution in [1.82, 2.24) is 14.3 Å². The van der Waals surface area contributed by atoms with Gasteiger partial charge in [0.1, 0.15) is 11.9 Å². The standard InChI is InChI=1S/C21H25ClN4O3S/c22-16-5-3-15(4-6-16)14-18-23-20(30-24-18)26-9-1-2-17(26)19(27)25-10-7-21(8-11-25)28-12-13-29-21/h3-6,17H,1-2,7-14H2. The molecule has 3 aliphatic rings. The quantitative estimate of drug-likeness (QED) is 0.715. The van der Waals surface area contributed by atoms with Gasteiger partial charge in [0.2, 0.25) is 11.0 Å². The van der Waals surface area contributed by atoms with Crippen LogP contribution >= 0.6 is 23.1 Å². The van der Waals surface area contributed by atoms with Crippen molar-refractivity contribution in [3.8, 4) is 0 Å². The number of aromatic nitrogens is 2. The molecule has 0 bridgehead atoms. The zero-order chi connectivity index (χ0) is 20.6. The Morgan fingerprint density at radius 1 is 1.17 bits per heavy atom. The Balaban J connectivity index is 1.23. The lowest BCUT2D eigenvalue weighted by molar-refractivity contribution is -0.187. The molecule has 0 aliphatic carbocycles. The summed E-state index contributed by atoms with van der Waals surface area (Å²) in [5.41, 5.74) is 1.12. The first-order valence-corrected chi connectivity index (χ1v) is 11.7. The molecular weight excluding hydrogens is 424 g/mol. The van der Waals surface area contributed by atoms with E-state index in [4.69, 9.17) is 26.1 Å². The minimum absolute atomic E-state index is 0.152. The molecule has 30 heavy (non-hydrogen) atoms. The molecule has 0 saturated carbocycles. The number of anilines is 1. The number of piperidine rings is 1. The van der Waals surface area contributed by atoms with Gasteiger partial charge >= 0.3 is 0 Å². The number of hydrogen-bond acceptors (Lipinski definition) is 7. The lowest BCUT2D eigenvalue weighted by Crippen LogP contribution is -2.52. The van der Waals surface area contributed by atoms with E-state index in [2.05, 4.69) is 9.27 Å². The van der Waals surface area contributed by atoms with Gasteiger partial charge in [-0.15, -0.1) is 0 Å². The Morgan fingerprint density at radius 3 is 2.63 bits per heavy atom. The van der Waals surface area contributed by atoms with Gasteiger partial charge in [0.25, 0.3) is 0 Å². The van der Waals surface area contributed by atoms with E-state index in [1.807, 2.05) is 29.2 Å². The maximum Gasteiger partial charge on any atom is 0.245 e. The lowest BCUT2D eigenvalue weighted by atomic mass is 10.0. The second-order valence-electron chi connectivity index (χ2n) is 8.08. The van der Waals surface area contributed by atoms with Crippen molar-refractivity contribution < 1.29 is 14.3 Å². The summed E-state index contributed by atoms with van der Waals surface area (Å²) in [6.45, 7) is 3.51. The second kappa shape index (κ2) is 8.42. The SMILES string of the molecule is O=C(C1CCCN1c1nc(Cc2ccc(Cl)cc2)ns1)N1CCC2(CC1)OCCO2. The van der Waals surface area contributed by atoms with E-state index in [0.717, 1.165) is 53.8 Å². The smallest absolute Gasteiger partial charge is 0.245 e. The lowest BCUT2D eigenvalue weighted by Gasteiger charge is -2.39. The van der Waals surface area contributed by atoms with Crippen LogP contribution in [0.25, 0.3) is 0 Å². The van der Waals surface area contributed by atoms with Crippen molar-refractivity contribution in [3.05, 3.63) is 40.7 Å². The number of halogens is 1. The highest BCUT2D eigenvalue weighted by atomic mass is 35.5. The van der Waals surface area contributed by atoms with E-state index in [9.17, 15) is 4.79 Å². The van der Waals surface area contributed by atoms with Gasteiger partial charge in [-0.05, 0) is 30.5 Å². The highest BCUT2D eigenvalue weighted by molar-refractivity contribution is 7.09. The molecule has 1 atom stereocenters. The zero-order valence-electron chi connectivity index (χ0n) is 16.8. The Labute approximate surface area is 185 Å². The van der Waals surface area contributed by atoms with Gasteiger partial charge in [-0.3, -0.25) is 4.79 Å². The molecule has 1 aromatic heterocycles. The number of likely N-dealkylation sites (tertiary alicyclic amines) is 1. The van der Waals surface area contributed by atoms with Crippen LogP contribution in [0.1, 0.15) is 37.1 Å². The van der Waals surface area contributed by atoms with Crippen molar-refractivity contribution in [2.45, 2.75) is 43.9 Å². The molecule has 1 amide bonds. The van der Waals surface area contributed by atoms with Gasteiger partial charge < -0.3 is 19.3 Å². The van der Waals surface area contributed by atoms with E-state index in [1.54, 1.807) is 0 Å². The van der Waals surface area contributed by atoms with Crippen LogP contribution in [0.2, 0.25) is 5.02 Å². The Bertz CT molecular complexity index is 890. The van der Waals surface area contributed by atoms with E-state index in [1.165, 1.54) is 11.5 Å². The summed E-state index contributed by atoms with van der Waals surface area (Å²) in [5.74, 6) is 0.516. The minimum Gasteiger partial charge on any atom is -0.347 e. The molecule has 0 N–H and O–H groups in total. The van der Waals surface area contributed by atoms with E-state index in [-0.39, 0.29) is 11.9 Å². The van der Waals surface area contributed by atoms with Gasteiger partial charge in [-0.1, -0.05) is 23.7 Å². The molecular formula is C21H25ClN4O3S. The van der Waals surface area contributed by atoms with Crippen molar-refractivity contribution in [2.75, 3.05) is 37.7 Å². The summed E-state index contributed by atoms with van der Waals surface area (Å²) >= 11 is 7.34. The molecule has 1 spiro atoms. The third-order valence-corrected chi connectivity index (χ3v) is 7.21. The third-order valence-electron chi connectivity index (χ3n) is 6.17. The molecule has 4 heterocycles. The van der Waals surface area contributed by atoms with Crippen LogP contribution in [-0.4, -0.2) is 64.8 Å². The zero-order valence-corrected chi connectivity index (χ0v) is 18.3. The second-order valence-corrected chi connectivity index (χ2v) is 9.25. The summed E-state index contributed by atoms with van der Waals surface area (Å²) in [7, 11) is 0. The average molecular weight is 449 g/mol. The number of rotatable bonds is 4. The molecule has 1 unspecified atom stereocenters. The van der Waals surface area contributed by atoms with Crippen LogP contribution in [0.3, 0.4) is 0 Å². The Kier molecular flexibility index (Phi) is 5.66. The molecule has 9 heteroatoms. The largest absolute Gasteiger partial charge is 0.347 e. The molecule has 160 valence electrons. The molecule has 5 rings (SSSR count). The number of hydrogen-bond donors (Lipinski definition) is 0. The van der Waals surface area contributed by atoms with Crippen molar-refractivity contribution in [3.63, 3.8) is 0 Å². The van der Waals surface area contributed by atoms with Crippen molar-refractivity contribution >= 4 is 34.2 Å². The number of benzene rings is 1. The maximum atomic E-state index is 13.3. The number of ether oxygens (including phenoxy) is 2. The molecule has 2 aromatic rings. The Morgan fingerprint density at radius 2 is 1.90 bits per heavy atom. The number of carbonyl (C=O) groups excluding carboxylic acids is 1. The highest BCUT2D eigenvalue weighted by Crippen LogP contribution is 2.33. The molecule has 1 aromatic carbocycles. The first-order valence-electron chi connectivity index (χ1n) is 10.5. The predicted molar refractivity (Wildman–Crippen MR) is 115 cm³/mol. The van der Waals surface area contributed by atoms with Gasteiger partial charge in [0.15, 0.2) is 5.79 Å². The van der Waals surface area contributed by atoms with Crippen LogP contribution < -0.4 is 4.90 Å². The van der Waals surface area contributed by atoms with E-state index < -0.39 is 5.79 Å². The number of carbonyl (C=O) groups is 1. The number of amides is 1. The molecule has 0 radical (unpaired) electrons. The molecule has 3 saturated heterocycles. The first-order chi connectivity index (χ1) is 14.6. The first kappa shape index (κ1) is 20.2. The van der Waals surface area contributed by atoms with E-state index >= 15 is 0 Å². The molecule has 3 aliphatic heterocycles. The van der Waals surface area contributed by atoms with Gasteiger partial charge in [-0.2, -0.15) is 4.37 Å². The fraction of sp³-hybridized carbons (Fsp3) is 0.571. The fourth-order valence-corrected chi connectivity index (χ4v) is 5.42. The topological polar surface area (TPSA) is 67.8 Å². The fourth-order valence-electron chi connectivity index (χ4n) is 4.53.